The maximum Gasteiger partial charge on any atom is 0.170 e. The van der Waals surface area contributed by atoms with E-state index in [0.717, 1.165) is 16.9 Å². The second-order valence-electron chi connectivity index (χ2n) is 2.92. The van der Waals surface area contributed by atoms with Crippen LogP contribution in [0.4, 0.5) is 0 Å². The van der Waals surface area contributed by atoms with Gasteiger partial charge in [0.15, 0.2) is 5.84 Å². The van der Waals surface area contributed by atoms with Crippen molar-refractivity contribution in [2.24, 2.45) is 10.9 Å². The largest absolute Gasteiger partial charge is 0.409 e. The van der Waals surface area contributed by atoms with Gasteiger partial charge in [-0.15, -0.1) is 0 Å². The number of nitrogens with zero attached hydrogens (tertiary/aromatic N) is 1. The summed E-state index contributed by atoms with van der Waals surface area (Å²) in [5.41, 5.74) is 7.29. The Kier molecular flexibility index (Phi) is 5.00. The topological polar surface area (TPSA) is 78.8 Å². The maximum atomic E-state index is 8.66. The molecule has 1 aromatic rings. The lowest BCUT2D eigenvalue weighted by molar-refractivity contribution is 0.318. The molecule has 1 rings (SSSR count). The molecule has 1 aromatic carbocycles. The number of benzene rings is 1. The molecule has 0 unspecified atom stereocenters. The summed E-state index contributed by atoms with van der Waals surface area (Å²) in [6, 6.07) is 7.48. The first-order chi connectivity index (χ1) is 7.29. The Morgan fingerprint density at radius 3 is 2.80 bits per heavy atom. The van der Waals surface area contributed by atoms with Crippen LogP contribution in [-0.4, -0.2) is 28.5 Å². The van der Waals surface area contributed by atoms with Crippen LogP contribution >= 0.6 is 11.8 Å². The summed E-state index contributed by atoms with van der Waals surface area (Å²) < 4.78 is 0. The fourth-order valence-electron chi connectivity index (χ4n) is 1.20. The molecular weight excluding hydrogens is 212 g/mol. The Hall–Kier alpha value is -1.20. The normalized spacial score (nSPS) is 11.7. The molecule has 0 radical (unpaired) electrons. The minimum absolute atomic E-state index is 0.121. The molecule has 0 aliphatic heterocycles. The SMILES string of the molecule is N/C(=N\O)c1ccccc1CSCCO. The molecule has 4 N–H and O–H groups in total. The summed E-state index contributed by atoms with van der Waals surface area (Å²) in [6.45, 7) is 0.163. The third-order valence-electron chi connectivity index (χ3n) is 1.89. The van der Waals surface area contributed by atoms with E-state index >= 15 is 0 Å². The summed E-state index contributed by atoms with van der Waals surface area (Å²) in [5, 5.41) is 20.2. The van der Waals surface area contributed by atoms with Crippen LogP contribution in [0.3, 0.4) is 0 Å². The highest BCUT2D eigenvalue weighted by Gasteiger charge is 2.05. The first-order valence-corrected chi connectivity index (χ1v) is 5.69. The van der Waals surface area contributed by atoms with Crippen molar-refractivity contribution in [1.82, 2.24) is 0 Å². The standard InChI is InChI=1S/C10H14N2O2S/c11-10(12-14)9-4-2-1-3-8(9)7-15-6-5-13/h1-4,13-14H,5-7H2,(H2,11,12). The fraction of sp³-hybridized carbons (Fsp3) is 0.300. The van der Waals surface area contributed by atoms with E-state index in [0.29, 0.717) is 5.75 Å². The number of amidine groups is 1. The summed E-state index contributed by atoms with van der Waals surface area (Å²) in [6.07, 6.45) is 0. The molecule has 0 amide bonds. The summed E-state index contributed by atoms with van der Waals surface area (Å²) >= 11 is 1.61. The van der Waals surface area contributed by atoms with Crippen molar-refractivity contribution in [1.29, 1.82) is 0 Å². The molecule has 5 heteroatoms. The highest BCUT2D eigenvalue weighted by molar-refractivity contribution is 7.98. The quantitative estimate of drug-likeness (QED) is 0.230. The van der Waals surface area contributed by atoms with Gasteiger partial charge in [-0.05, 0) is 5.56 Å². The average Bonchev–Trinajstić information content (AvgIpc) is 2.29. The lowest BCUT2D eigenvalue weighted by atomic mass is 10.1. The first-order valence-electron chi connectivity index (χ1n) is 4.54. The predicted molar refractivity (Wildman–Crippen MR) is 62.2 cm³/mol. The number of oxime groups is 1. The van der Waals surface area contributed by atoms with Crippen molar-refractivity contribution in [2.75, 3.05) is 12.4 Å². The van der Waals surface area contributed by atoms with Crippen LogP contribution in [0.5, 0.6) is 0 Å². The van der Waals surface area contributed by atoms with E-state index < -0.39 is 0 Å². The minimum atomic E-state index is 0.121. The van der Waals surface area contributed by atoms with Crippen molar-refractivity contribution < 1.29 is 10.3 Å². The fourth-order valence-corrected chi connectivity index (χ4v) is 1.94. The van der Waals surface area contributed by atoms with E-state index in [9.17, 15) is 0 Å². The molecule has 0 saturated heterocycles. The molecule has 82 valence electrons. The molecule has 4 nitrogen and oxygen atoms in total. The van der Waals surface area contributed by atoms with Crippen LogP contribution in [0.15, 0.2) is 29.4 Å². The number of thioether (sulfide) groups is 1. The lowest BCUT2D eigenvalue weighted by Gasteiger charge is -2.06. The first kappa shape index (κ1) is 11.9. The minimum Gasteiger partial charge on any atom is -0.409 e. The Bertz CT molecular complexity index is 342. The van der Waals surface area contributed by atoms with Gasteiger partial charge in [-0.1, -0.05) is 29.4 Å². The monoisotopic (exact) mass is 226 g/mol. The zero-order valence-electron chi connectivity index (χ0n) is 8.26. The van der Waals surface area contributed by atoms with Crippen LogP contribution in [0.25, 0.3) is 0 Å². The van der Waals surface area contributed by atoms with Crippen LogP contribution in [-0.2, 0) is 5.75 Å². The van der Waals surface area contributed by atoms with Gasteiger partial charge in [0.2, 0.25) is 0 Å². The van der Waals surface area contributed by atoms with Crippen LogP contribution in [0, 0.1) is 0 Å². The lowest BCUT2D eigenvalue weighted by Crippen LogP contribution is -2.15. The van der Waals surface area contributed by atoms with Gasteiger partial charge in [0, 0.05) is 17.1 Å². The van der Waals surface area contributed by atoms with Gasteiger partial charge in [0.1, 0.15) is 0 Å². The average molecular weight is 226 g/mol. The molecule has 0 saturated carbocycles. The van der Waals surface area contributed by atoms with E-state index in [4.69, 9.17) is 16.0 Å². The van der Waals surface area contributed by atoms with Gasteiger partial charge >= 0.3 is 0 Å². The van der Waals surface area contributed by atoms with Gasteiger partial charge in [-0.2, -0.15) is 11.8 Å². The second-order valence-corrected chi connectivity index (χ2v) is 4.02. The highest BCUT2D eigenvalue weighted by Crippen LogP contribution is 2.16. The number of aliphatic hydroxyl groups excluding tert-OH is 1. The molecule has 0 aromatic heterocycles. The Balaban J connectivity index is 2.77. The summed E-state index contributed by atoms with van der Waals surface area (Å²) in [4.78, 5) is 0. The Morgan fingerprint density at radius 1 is 1.40 bits per heavy atom. The van der Waals surface area contributed by atoms with Gasteiger partial charge in [0.05, 0.1) is 6.61 Å². The molecule has 15 heavy (non-hydrogen) atoms. The highest BCUT2D eigenvalue weighted by atomic mass is 32.2. The molecule has 0 atom stereocenters. The number of aliphatic hydroxyl groups is 1. The van der Waals surface area contributed by atoms with Gasteiger partial charge < -0.3 is 16.0 Å². The smallest absolute Gasteiger partial charge is 0.170 e. The molecule has 0 heterocycles. The van der Waals surface area contributed by atoms with Crippen LogP contribution in [0.1, 0.15) is 11.1 Å². The van der Waals surface area contributed by atoms with Crippen molar-refractivity contribution in [3.05, 3.63) is 35.4 Å². The van der Waals surface area contributed by atoms with Crippen molar-refractivity contribution in [2.45, 2.75) is 5.75 Å². The predicted octanol–water partition coefficient (Wildman–Crippen LogP) is 1.01. The molecular formula is C10H14N2O2S. The molecule has 0 spiro atoms. The Morgan fingerprint density at radius 2 is 2.13 bits per heavy atom. The number of hydrogen-bond acceptors (Lipinski definition) is 4. The van der Waals surface area contributed by atoms with Crippen LogP contribution in [0.2, 0.25) is 0 Å². The zero-order valence-corrected chi connectivity index (χ0v) is 9.07. The van der Waals surface area contributed by atoms with Gasteiger partial charge in [-0.25, -0.2) is 0 Å². The van der Waals surface area contributed by atoms with E-state index in [1.165, 1.54) is 0 Å². The van der Waals surface area contributed by atoms with Crippen molar-refractivity contribution >= 4 is 17.6 Å². The van der Waals surface area contributed by atoms with Crippen molar-refractivity contribution in [3.8, 4) is 0 Å². The van der Waals surface area contributed by atoms with E-state index in [-0.39, 0.29) is 12.4 Å². The molecule has 0 bridgehead atoms. The van der Waals surface area contributed by atoms with Crippen LogP contribution < -0.4 is 5.73 Å². The van der Waals surface area contributed by atoms with E-state index in [1.807, 2.05) is 24.3 Å². The second kappa shape index (κ2) is 6.31. The zero-order chi connectivity index (χ0) is 11.1. The third-order valence-corrected chi connectivity index (χ3v) is 2.88. The molecule has 0 aliphatic rings. The van der Waals surface area contributed by atoms with Gasteiger partial charge in [0.25, 0.3) is 0 Å². The van der Waals surface area contributed by atoms with E-state index in [2.05, 4.69) is 5.16 Å². The molecule has 0 fully saturated rings. The summed E-state index contributed by atoms with van der Waals surface area (Å²) in [5.74, 6) is 1.55. The summed E-state index contributed by atoms with van der Waals surface area (Å²) in [7, 11) is 0. The van der Waals surface area contributed by atoms with Gasteiger partial charge in [-0.3, -0.25) is 0 Å². The van der Waals surface area contributed by atoms with Crippen molar-refractivity contribution in [3.63, 3.8) is 0 Å². The molecule has 0 aliphatic carbocycles. The maximum absolute atomic E-state index is 8.66. The number of nitrogens with two attached hydrogens (primary N) is 1. The number of rotatable bonds is 5. The number of hydrogen-bond donors (Lipinski definition) is 3. The van der Waals surface area contributed by atoms with E-state index in [1.54, 1.807) is 11.8 Å². The third kappa shape index (κ3) is 3.45. The Labute approximate surface area is 92.8 Å².